The molecule has 24 heavy (non-hydrogen) atoms. The summed E-state index contributed by atoms with van der Waals surface area (Å²) in [5, 5.41) is 13.0. The second-order valence-corrected chi connectivity index (χ2v) is 5.76. The number of rotatable bonds is 7. The summed E-state index contributed by atoms with van der Waals surface area (Å²) in [6.45, 7) is 1.85. The van der Waals surface area contributed by atoms with Gasteiger partial charge in [-0.15, -0.1) is 0 Å². The number of amides is 1. The van der Waals surface area contributed by atoms with Crippen LogP contribution in [0.25, 0.3) is 6.08 Å². The van der Waals surface area contributed by atoms with Gasteiger partial charge in [-0.25, -0.2) is 4.39 Å². The maximum Gasteiger partial charge on any atom is 0.224 e. The summed E-state index contributed by atoms with van der Waals surface area (Å²) >= 11 is 0. The average molecular weight is 327 g/mol. The second kappa shape index (κ2) is 8.99. The number of benzene rings is 2. The molecule has 0 spiro atoms. The van der Waals surface area contributed by atoms with E-state index in [9.17, 15) is 14.3 Å². The van der Waals surface area contributed by atoms with Crippen molar-refractivity contribution in [1.82, 2.24) is 5.32 Å². The van der Waals surface area contributed by atoms with Crippen LogP contribution in [0, 0.1) is 5.82 Å². The van der Waals surface area contributed by atoms with E-state index < -0.39 is 6.10 Å². The van der Waals surface area contributed by atoms with Crippen molar-refractivity contribution in [3.05, 3.63) is 77.6 Å². The highest BCUT2D eigenvalue weighted by Gasteiger charge is 2.13. The summed E-state index contributed by atoms with van der Waals surface area (Å²) in [7, 11) is 0. The topological polar surface area (TPSA) is 49.3 Å². The smallest absolute Gasteiger partial charge is 0.224 e. The molecule has 0 saturated carbocycles. The fourth-order valence-corrected chi connectivity index (χ4v) is 2.44. The lowest BCUT2D eigenvalue weighted by Gasteiger charge is -2.18. The minimum absolute atomic E-state index is 0.157. The Morgan fingerprint density at radius 1 is 1.17 bits per heavy atom. The molecular formula is C20H22FNO2. The van der Waals surface area contributed by atoms with Gasteiger partial charge in [-0.05, 0) is 25.0 Å². The molecule has 2 aromatic carbocycles. The fourth-order valence-electron chi connectivity index (χ4n) is 2.44. The number of nitrogens with one attached hydrogen (secondary N) is 1. The number of halogens is 1. The largest absolute Gasteiger partial charge is 0.388 e. The number of aliphatic hydroxyl groups excluding tert-OH is 1. The van der Waals surface area contributed by atoms with Crippen LogP contribution in [0.15, 0.2) is 60.7 Å². The molecule has 2 N–H and O–H groups in total. The van der Waals surface area contributed by atoms with Gasteiger partial charge in [-0.3, -0.25) is 4.79 Å². The van der Waals surface area contributed by atoms with Crippen molar-refractivity contribution in [1.29, 1.82) is 0 Å². The van der Waals surface area contributed by atoms with E-state index in [1.807, 2.05) is 37.3 Å². The van der Waals surface area contributed by atoms with Crippen molar-refractivity contribution in [3.63, 3.8) is 0 Å². The zero-order valence-electron chi connectivity index (χ0n) is 13.7. The van der Waals surface area contributed by atoms with E-state index in [-0.39, 0.29) is 24.2 Å². The van der Waals surface area contributed by atoms with Crippen molar-refractivity contribution >= 4 is 12.0 Å². The van der Waals surface area contributed by atoms with Gasteiger partial charge in [0.1, 0.15) is 5.82 Å². The van der Waals surface area contributed by atoms with Gasteiger partial charge in [-0.1, -0.05) is 60.7 Å². The number of aliphatic hydroxyl groups is 1. The Hall–Kier alpha value is -2.46. The summed E-state index contributed by atoms with van der Waals surface area (Å²) in [6.07, 6.45) is 3.22. The van der Waals surface area contributed by atoms with E-state index in [4.69, 9.17) is 0 Å². The van der Waals surface area contributed by atoms with Crippen molar-refractivity contribution in [3.8, 4) is 0 Å². The molecular weight excluding hydrogens is 305 g/mol. The van der Waals surface area contributed by atoms with Crippen molar-refractivity contribution in [2.75, 3.05) is 0 Å². The normalized spacial score (nSPS) is 13.6. The molecule has 2 rings (SSSR count). The minimum atomic E-state index is -0.615. The molecule has 2 atom stereocenters. The van der Waals surface area contributed by atoms with Crippen LogP contribution in [0.2, 0.25) is 0 Å². The van der Waals surface area contributed by atoms with Crippen LogP contribution in [0.1, 0.15) is 37.0 Å². The van der Waals surface area contributed by atoms with Gasteiger partial charge >= 0.3 is 0 Å². The Morgan fingerprint density at radius 3 is 2.54 bits per heavy atom. The van der Waals surface area contributed by atoms with Crippen molar-refractivity contribution in [2.45, 2.75) is 31.9 Å². The first-order chi connectivity index (χ1) is 11.6. The molecule has 2 aromatic rings. The van der Waals surface area contributed by atoms with Gasteiger partial charge in [-0.2, -0.15) is 0 Å². The standard InChI is InChI=1S/C20H22FNO2/c1-15(14-19(23)17-9-3-2-4-10-17)22-20(24)13-7-11-16-8-5-6-12-18(16)21/h2-12,15,19,23H,13-14H2,1H3,(H,22,24)/b11-7+. The van der Waals surface area contributed by atoms with Gasteiger partial charge < -0.3 is 10.4 Å². The molecule has 0 fully saturated rings. The summed E-state index contributed by atoms with van der Waals surface area (Å²) in [5.41, 5.74) is 1.29. The Labute approximate surface area is 141 Å². The van der Waals surface area contributed by atoms with Gasteiger partial charge in [0.25, 0.3) is 0 Å². The van der Waals surface area contributed by atoms with Crippen molar-refractivity contribution < 1.29 is 14.3 Å². The van der Waals surface area contributed by atoms with Crippen LogP contribution in [0.5, 0.6) is 0 Å². The maximum absolute atomic E-state index is 13.4. The molecule has 0 aliphatic rings. The lowest BCUT2D eigenvalue weighted by Crippen LogP contribution is -2.33. The van der Waals surface area contributed by atoms with Crippen LogP contribution in [-0.4, -0.2) is 17.1 Å². The third-order valence-corrected chi connectivity index (χ3v) is 3.67. The third kappa shape index (κ3) is 5.63. The quantitative estimate of drug-likeness (QED) is 0.811. The number of carbonyl (C=O) groups excluding carboxylic acids is 1. The van der Waals surface area contributed by atoms with E-state index in [1.165, 1.54) is 6.07 Å². The lowest BCUT2D eigenvalue weighted by molar-refractivity contribution is -0.121. The molecule has 126 valence electrons. The molecule has 0 bridgehead atoms. The monoisotopic (exact) mass is 327 g/mol. The minimum Gasteiger partial charge on any atom is -0.388 e. The van der Waals surface area contributed by atoms with E-state index in [1.54, 1.807) is 30.4 Å². The number of hydrogen-bond acceptors (Lipinski definition) is 2. The molecule has 0 aromatic heterocycles. The van der Waals surface area contributed by atoms with E-state index in [0.29, 0.717) is 12.0 Å². The average Bonchev–Trinajstić information content (AvgIpc) is 2.57. The van der Waals surface area contributed by atoms with E-state index in [2.05, 4.69) is 5.32 Å². The summed E-state index contributed by atoms with van der Waals surface area (Å²) in [5.74, 6) is -0.469. The van der Waals surface area contributed by atoms with Gasteiger partial charge in [0.05, 0.1) is 6.10 Å². The fraction of sp³-hybridized carbons (Fsp3) is 0.250. The molecule has 3 nitrogen and oxygen atoms in total. The molecule has 0 aliphatic carbocycles. The van der Waals surface area contributed by atoms with Gasteiger partial charge in [0.2, 0.25) is 5.91 Å². The summed E-state index contributed by atoms with van der Waals surface area (Å²) < 4.78 is 13.4. The Balaban J connectivity index is 1.78. The predicted molar refractivity (Wildman–Crippen MR) is 93.7 cm³/mol. The maximum atomic E-state index is 13.4. The molecule has 4 heteroatoms. The first-order valence-electron chi connectivity index (χ1n) is 7.99. The van der Waals surface area contributed by atoms with E-state index >= 15 is 0 Å². The zero-order chi connectivity index (χ0) is 17.4. The van der Waals surface area contributed by atoms with Crippen molar-refractivity contribution in [2.24, 2.45) is 0 Å². The second-order valence-electron chi connectivity index (χ2n) is 5.76. The molecule has 0 aliphatic heterocycles. The van der Waals surface area contributed by atoms with E-state index in [0.717, 1.165) is 5.56 Å². The Kier molecular flexibility index (Phi) is 6.70. The highest BCUT2D eigenvalue weighted by molar-refractivity contribution is 5.78. The van der Waals surface area contributed by atoms with Crippen LogP contribution in [-0.2, 0) is 4.79 Å². The lowest BCUT2D eigenvalue weighted by atomic mass is 10.0. The highest BCUT2D eigenvalue weighted by atomic mass is 19.1. The van der Waals surface area contributed by atoms with Gasteiger partial charge in [0, 0.05) is 18.0 Å². The Bertz CT molecular complexity index is 685. The molecule has 0 radical (unpaired) electrons. The van der Waals surface area contributed by atoms with Crippen LogP contribution in [0.3, 0.4) is 0 Å². The predicted octanol–water partition coefficient (Wildman–Crippen LogP) is 3.86. The first kappa shape index (κ1) is 17.9. The third-order valence-electron chi connectivity index (χ3n) is 3.67. The van der Waals surface area contributed by atoms with Crippen LogP contribution >= 0.6 is 0 Å². The highest BCUT2D eigenvalue weighted by Crippen LogP contribution is 2.17. The number of carbonyl (C=O) groups is 1. The molecule has 0 heterocycles. The Morgan fingerprint density at radius 2 is 1.83 bits per heavy atom. The number of hydrogen-bond donors (Lipinski definition) is 2. The van der Waals surface area contributed by atoms with Gasteiger partial charge in [0.15, 0.2) is 0 Å². The van der Waals surface area contributed by atoms with Crippen LogP contribution in [0.4, 0.5) is 4.39 Å². The summed E-state index contributed by atoms with van der Waals surface area (Å²) in [4.78, 5) is 11.9. The first-order valence-corrected chi connectivity index (χ1v) is 7.99. The summed E-state index contributed by atoms with van der Waals surface area (Å²) in [6, 6.07) is 15.6. The van der Waals surface area contributed by atoms with Crippen LogP contribution < -0.4 is 5.32 Å². The molecule has 1 amide bonds. The molecule has 0 saturated heterocycles. The molecule has 2 unspecified atom stereocenters. The zero-order valence-corrected chi connectivity index (χ0v) is 13.7. The SMILES string of the molecule is CC(CC(O)c1ccccc1)NC(=O)C/C=C/c1ccccc1F.